The first-order valence-corrected chi connectivity index (χ1v) is 7.65. The number of aliphatic hydroxyl groups excluding tert-OH is 1. The molecule has 1 amide bonds. The Morgan fingerprint density at radius 3 is 2.67 bits per heavy atom. The molecule has 0 aliphatic rings. The second-order valence-corrected chi connectivity index (χ2v) is 5.46. The number of allylic oxidation sites excluding steroid dienone is 1. The molecule has 0 aliphatic heterocycles. The Balaban J connectivity index is 2.17. The SMILES string of the molecule is CC(O)=C(C=NC(=S)c1cccnc1)C(=O)Nc1ccccc1C. The van der Waals surface area contributed by atoms with Crippen LogP contribution in [0.25, 0.3) is 0 Å². The Morgan fingerprint density at radius 1 is 1.29 bits per heavy atom. The van der Waals surface area contributed by atoms with Crippen LogP contribution in [0.2, 0.25) is 0 Å². The molecule has 0 bridgehead atoms. The number of hydrogen-bond donors (Lipinski definition) is 2. The van der Waals surface area contributed by atoms with E-state index in [1.54, 1.807) is 30.6 Å². The fourth-order valence-corrected chi connectivity index (χ4v) is 2.08. The van der Waals surface area contributed by atoms with E-state index in [0.717, 1.165) is 5.56 Å². The fourth-order valence-electron chi connectivity index (χ4n) is 1.91. The zero-order chi connectivity index (χ0) is 17.5. The Bertz CT molecular complexity index is 810. The van der Waals surface area contributed by atoms with Gasteiger partial charge in [0.05, 0.1) is 5.57 Å². The smallest absolute Gasteiger partial charge is 0.260 e. The van der Waals surface area contributed by atoms with Crippen molar-refractivity contribution < 1.29 is 9.90 Å². The summed E-state index contributed by atoms with van der Waals surface area (Å²) in [4.78, 5) is 20.7. The van der Waals surface area contributed by atoms with Crippen LogP contribution in [0.1, 0.15) is 18.1 Å². The zero-order valence-corrected chi connectivity index (χ0v) is 14.2. The number of benzene rings is 1. The van der Waals surface area contributed by atoms with E-state index in [-0.39, 0.29) is 16.3 Å². The Morgan fingerprint density at radius 2 is 2.04 bits per heavy atom. The Labute approximate surface area is 145 Å². The molecule has 2 aromatic rings. The highest BCUT2D eigenvalue weighted by Gasteiger charge is 2.12. The van der Waals surface area contributed by atoms with Crippen LogP contribution in [0.3, 0.4) is 0 Å². The minimum absolute atomic E-state index is 0.0458. The zero-order valence-electron chi connectivity index (χ0n) is 13.4. The maximum absolute atomic E-state index is 12.4. The molecule has 0 atom stereocenters. The molecule has 5 nitrogen and oxygen atoms in total. The van der Waals surface area contributed by atoms with E-state index >= 15 is 0 Å². The topological polar surface area (TPSA) is 74.6 Å². The highest BCUT2D eigenvalue weighted by atomic mass is 32.1. The number of carbonyl (C=O) groups excluding carboxylic acids is 1. The third kappa shape index (κ3) is 4.57. The van der Waals surface area contributed by atoms with E-state index < -0.39 is 5.91 Å². The van der Waals surface area contributed by atoms with Crippen LogP contribution in [0, 0.1) is 6.92 Å². The number of amides is 1. The van der Waals surface area contributed by atoms with Gasteiger partial charge >= 0.3 is 0 Å². The van der Waals surface area contributed by atoms with Crippen LogP contribution in [0.5, 0.6) is 0 Å². The lowest BCUT2D eigenvalue weighted by atomic mass is 10.1. The van der Waals surface area contributed by atoms with Crippen LogP contribution in [0.15, 0.2) is 65.1 Å². The number of carbonyl (C=O) groups is 1. The lowest BCUT2D eigenvalue weighted by molar-refractivity contribution is -0.112. The number of aromatic nitrogens is 1. The number of para-hydroxylation sites is 1. The molecule has 0 saturated carbocycles. The van der Waals surface area contributed by atoms with Crippen LogP contribution in [-0.4, -0.2) is 27.2 Å². The number of pyridine rings is 1. The molecule has 0 aliphatic carbocycles. The number of hydrogen-bond acceptors (Lipinski definition) is 4. The Kier molecular flexibility index (Phi) is 5.92. The maximum Gasteiger partial charge on any atom is 0.260 e. The number of aryl methyl sites for hydroxylation is 1. The normalized spacial score (nSPS) is 11.9. The van der Waals surface area contributed by atoms with Gasteiger partial charge in [0.15, 0.2) is 0 Å². The second kappa shape index (κ2) is 8.12. The van der Waals surface area contributed by atoms with Gasteiger partial charge in [0.25, 0.3) is 5.91 Å². The highest BCUT2D eigenvalue weighted by molar-refractivity contribution is 7.80. The minimum atomic E-state index is -0.456. The van der Waals surface area contributed by atoms with Gasteiger partial charge in [-0.05, 0) is 37.6 Å². The van der Waals surface area contributed by atoms with Crippen molar-refractivity contribution in [3.8, 4) is 0 Å². The number of rotatable bonds is 4. The summed E-state index contributed by atoms with van der Waals surface area (Å²) in [5, 5.41) is 12.5. The minimum Gasteiger partial charge on any atom is -0.512 e. The lowest BCUT2D eigenvalue weighted by Crippen LogP contribution is -2.18. The second-order valence-electron chi connectivity index (χ2n) is 5.07. The number of nitrogens with zero attached hydrogens (tertiary/aromatic N) is 2. The van der Waals surface area contributed by atoms with Crippen molar-refractivity contribution in [3.63, 3.8) is 0 Å². The molecular weight excluding hydrogens is 322 g/mol. The van der Waals surface area contributed by atoms with Gasteiger partial charge < -0.3 is 10.4 Å². The number of thiocarbonyl (C=S) groups is 1. The van der Waals surface area contributed by atoms with Crippen molar-refractivity contribution in [2.24, 2.45) is 4.99 Å². The number of aliphatic imine (C=N–C) groups is 1. The largest absolute Gasteiger partial charge is 0.512 e. The van der Waals surface area contributed by atoms with E-state index in [9.17, 15) is 9.90 Å². The van der Waals surface area contributed by atoms with E-state index in [2.05, 4.69) is 15.3 Å². The molecule has 6 heteroatoms. The predicted molar refractivity (Wildman–Crippen MR) is 99.6 cm³/mol. The first-order valence-electron chi connectivity index (χ1n) is 7.24. The molecular formula is C18H17N3O2S. The van der Waals surface area contributed by atoms with Gasteiger partial charge in [0.1, 0.15) is 10.7 Å². The van der Waals surface area contributed by atoms with E-state index in [1.807, 2.05) is 25.1 Å². The summed E-state index contributed by atoms with van der Waals surface area (Å²) >= 11 is 5.19. The summed E-state index contributed by atoms with van der Waals surface area (Å²) in [7, 11) is 0. The van der Waals surface area contributed by atoms with Crippen molar-refractivity contribution in [2.75, 3.05) is 5.32 Å². The summed E-state index contributed by atoms with van der Waals surface area (Å²) in [6, 6.07) is 10.9. The predicted octanol–water partition coefficient (Wildman–Crippen LogP) is 3.61. The standard InChI is InChI=1S/C18H17N3O2S/c1-12-6-3-4-8-16(12)21-17(23)15(13(2)22)11-20-18(24)14-7-5-9-19-10-14/h3-11,22H,1-2H3,(H,21,23). The first-order chi connectivity index (χ1) is 11.5. The third-order valence-electron chi connectivity index (χ3n) is 3.25. The average molecular weight is 339 g/mol. The lowest BCUT2D eigenvalue weighted by Gasteiger charge is -2.09. The molecule has 0 unspecified atom stereocenters. The van der Waals surface area contributed by atoms with Crippen LogP contribution >= 0.6 is 12.2 Å². The molecule has 1 heterocycles. The van der Waals surface area contributed by atoms with Gasteiger partial charge in [0.2, 0.25) is 0 Å². The first kappa shape index (κ1) is 17.5. The van der Waals surface area contributed by atoms with E-state index in [0.29, 0.717) is 11.3 Å². The molecule has 24 heavy (non-hydrogen) atoms. The van der Waals surface area contributed by atoms with Crippen molar-refractivity contribution in [3.05, 3.63) is 71.3 Å². The van der Waals surface area contributed by atoms with Gasteiger partial charge in [-0.1, -0.05) is 30.4 Å². The molecule has 0 radical (unpaired) electrons. The molecule has 2 N–H and O–H groups in total. The third-order valence-corrected chi connectivity index (χ3v) is 3.59. The molecule has 0 spiro atoms. The average Bonchev–Trinajstić information content (AvgIpc) is 2.57. The van der Waals surface area contributed by atoms with Crippen molar-refractivity contribution in [1.29, 1.82) is 0 Å². The van der Waals surface area contributed by atoms with Crippen molar-refractivity contribution >= 4 is 35.0 Å². The van der Waals surface area contributed by atoms with Gasteiger partial charge in [-0.25, -0.2) is 4.99 Å². The van der Waals surface area contributed by atoms with Crippen molar-refractivity contribution in [1.82, 2.24) is 4.98 Å². The molecule has 1 aromatic heterocycles. The fraction of sp³-hybridized carbons (Fsp3) is 0.111. The summed E-state index contributed by atoms with van der Waals surface area (Å²) < 4.78 is 0. The van der Waals surface area contributed by atoms with Crippen LogP contribution in [0.4, 0.5) is 5.69 Å². The molecule has 122 valence electrons. The molecule has 0 saturated heterocycles. The monoisotopic (exact) mass is 339 g/mol. The summed E-state index contributed by atoms with van der Waals surface area (Å²) in [5.74, 6) is -0.596. The summed E-state index contributed by atoms with van der Waals surface area (Å²) in [5.41, 5.74) is 2.30. The van der Waals surface area contributed by atoms with E-state index in [4.69, 9.17) is 12.2 Å². The number of aliphatic hydroxyl groups is 1. The van der Waals surface area contributed by atoms with Crippen molar-refractivity contribution in [2.45, 2.75) is 13.8 Å². The van der Waals surface area contributed by atoms with Crippen LogP contribution in [-0.2, 0) is 4.79 Å². The molecule has 1 aromatic carbocycles. The number of nitrogens with one attached hydrogen (secondary N) is 1. The van der Waals surface area contributed by atoms with Gasteiger partial charge in [0, 0.05) is 29.9 Å². The van der Waals surface area contributed by atoms with E-state index in [1.165, 1.54) is 13.1 Å². The summed E-state index contributed by atoms with van der Waals surface area (Å²) in [6.45, 7) is 3.31. The summed E-state index contributed by atoms with van der Waals surface area (Å²) in [6.07, 6.45) is 4.48. The molecule has 0 fully saturated rings. The quantitative estimate of drug-likeness (QED) is 0.386. The Hall–Kier alpha value is -2.86. The highest BCUT2D eigenvalue weighted by Crippen LogP contribution is 2.14. The molecule has 2 rings (SSSR count). The van der Waals surface area contributed by atoms with Gasteiger partial charge in [-0.2, -0.15) is 0 Å². The van der Waals surface area contributed by atoms with Gasteiger partial charge in [-0.15, -0.1) is 0 Å². The van der Waals surface area contributed by atoms with Crippen LogP contribution < -0.4 is 5.32 Å². The maximum atomic E-state index is 12.4. The van der Waals surface area contributed by atoms with Gasteiger partial charge in [-0.3, -0.25) is 9.78 Å². The number of anilines is 1.